The van der Waals surface area contributed by atoms with E-state index < -0.39 is 18.5 Å². The summed E-state index contributed by atoms with van der Waals surface area (Å²) in [7, 11) is 0. The van der Waals surface area contributed by atoms with Crippen molar-refractivity contribution < 1.29 is 28.6 Å². The smallest absolute Gasteiger partial charge is 0.325 e. The third kappa shape index (κ3) is 6.23. The normalized spacial score (nSPS) is 12.0. The van der Waals surface area contributed by atoms with Gasteiger partial charge in [-0.15, -0.1) is 0 Å². The van der Waals surface area contributed by atoms with Gasteiger partial charge in [-0.1, -0.05) is 23.8 Å². The van der Waals surface area contributed by atoms with Crippen molar-refractivity contribution in [1.29, 1.82) is 0 Å². The summed E-state index contributed by atoms with van der Waals surface area (Å²) >= 11 is 0. The van der Waals surface area contributed by atoms with Gasteiger partial charge in [0.15, 0.2) is 18.1 Å². The average Bonchev–Trinajstić information content (AvgIpc) is 2.76. The van der Waals surface area contributed by atoms with Crippen LogP contribution in [0.3, 0.4) is 0 Å². The van der Waals surface area contributed by atoms with Crippen LogP contribution in [0.5, 0.6) is 11.5 Å². The first-order valence-corrected chi connectivity index (χ1v) is 9.67. The standard InChI is InChI=1S/C22H24N2O6/c1-15-2-5-17(6-3-15)22(27)24-13-21(26)30-14-20(25)23-9-8-16-4-7-18-19(12-16)29-11-10-28-18/h2-7,12H,8-11,13-14H2,1H3,(H,23,25)(H,24,27). The molecule has 1 heterocycles. The molecule has 0 aromatic heterocycles. The molecule has 3 rings (SSSR count). The van der Waals surface area contributed by atoms with E-state index in [1.807, 2.05) is 37.3 Å². The van der Waals surface area contributed by atoms with Crippen LogP contribution in [0, 0.1) is 6.92 Å². The number of ether oxygens (including phenoxy) is 3. The van der Waals surface area contributed by atoms with Crippen LogP contribution in [0.4, 0.5) is 0 Å². The fourth-order valence-corrected chi connectivity index (χ4v) is 2.80. The molecule has 0 saturated heterocycles. The number of hydrogen-bond acceptors (Lipinski definition) is 6. The largest absolute Gasteiger partial charge is 0.486 e. The minimum Gasteiger partial charge on any atom is -0.486 e. The van der Waals surface area contributed by atoms with E-state index in [9.17, 15) is 14.4 Å². The van der Waals surface area contributed by atoms with Crippen molar-refractivity contribution in [2.75, 3.05) is 32.9 Å². The first-order chi connectivity index (χ1) is 14.5. The van der Waals surface area contributed by atoms with E-state index in [4.69, 9.17) is 14.2 Å². The Morgan fingerprint density at radius 1 is 0.967 bits per heavy atom. The van der Waals surface area contributed by atoms with Crippen LogP contribution in [0.15, 0.2) is 42.5 Å². The van der Waals surface area contributed by atoms with Crippen molar-refractivity contribution in [1.82, 2.24) is 10.6 Å². The van der Waals surface area contributed by atoms with E-state index >= 15 is 0 Å². The van der Waals surface area contributed by atoms with Gasteiger partial charge in [0.2, 0.25) is 0 Å². The number of nitrogens with one attached hydrogen (secondary N) is 2. The second-order valence-corrected chi connectivity index (χ2v) is 6.79. The van der Waals surface area contributed by atoms with Gasteiger partial charge in [0.25, 0.3) is 11.8 Å². The Morgan fingerprint density at radius 3 is 2.47 bits per heavy atom. The molecule has 0 saturated carbocycles. The molecule has 0 unspecified atom stereocenters. The van der Waals surface area contributed by atoms with Crippen molar-refractivity contribution in [3.63, 3.8) is 0 Å². The topological polar surface area (TPSA) is 103 Å². The van der Waals surface area contributed by atoms with E-state index in [0.717, 1.165) is 16.9 Å². The fourth-order valence-electron chi connectivity index (χ4n) is 2.80. The maximum atomic E-state index is 11.9. The van der Waals surface area contributed by atoms with E-state index in [-0.39, 0.29) is 12.5 Å². The second-order valence-electron chi connectivity index (χ2n) is 6.79. The minimum atomic E-state index is -0.683. The molecule has 1 aliphatic rings. The van der Waals surface area contributed by atoms with Gasteiger partial charge in [-0.3, -0.25) is 14.4 Å². The van der Waals surface area contributed by atoms with Crippen molar-refractivity contribution in [2.45, 2.75) is 13.3 Å². The number of esters is 1. The molecule has 2 N–H and O–H groups in total. The van der Waals surface area contributed by atoms with Gasteiger partial charge in [0, 0.05) is 12.1 Å². The fraction of sp³-hybridized carbons (Fsp3) is 0.318. The lowest BCUT2D eigenvalue weighted by Crippen LogP contribution is -2.34. The first kappa shape index (κ1) is 21.2. The second kappa shape index (κ2) is 10.3. The lowest BCUT2D eigenvalue weighted by Gasteiger charge is -2.18. The molecule has 2 amide bonds. The highest BCUT2D eigenvalue weighted by molar-refractivity contribution is 5.96. The zero-order valence-electron chi connectivity index (χ0n) is 16.7. The van der Waals surface area contributed by atoms with Crippen LogP contribution in [0.1, 0.15) is 21.5 Å². The Morgan fingerprint density at radius 2 is 1.70 bits per heavy atom. The molecule has 1 aliphatic heterocycles. The Hall–Kier alpha value is -3.55. The highest BCUT2D eigenvalue weighted by atomic mass is 16.6. The van der Waals surface area contributed by atoms with Gasteiger partial charge in [-0.25, -0.2) is 0 Å². The van der Waals surface area contributed by atoms with Gasteiger partial charge >= 0.3 is 5.97 Å². The average molecular weight is 412 g/mol. The molecular weight excluding hydrogens is 388 g/mol. The van der Waals surface area contributed by atoms with Crippen LogP contribution < -0.4 is 20.1 Å². The summed E-state index contributed by atoms with van der Waals surface area (Å²) in [5.41, 5.74) is 2.48. The van der Waals surface area contributed by atoms with Gasteiger partial charge < -0.3 is 24.8 Å². The molecule has 0 aliphatic carbocycles. The highest BCUT2D eigenvalue weighted by Gasteiger charge is 2.13. The summed E-state index contributed by atoms with van der Waals surface area (Å²) in [4.78, 5) is 35.5. The molecule has 8 heteroatoms. The van der Waals surface area contributed by atoms with Crippen LogP contribution >= 0.6 is 0 Å². The lowest BCUT2D eigenvalue weighted by atomic mass is 10.1. The van der Waals surface area contributed by atoms with E-state index in [2.05, 4.69) is 10.6 Å². The summed E-state index contributed by atoms with van der Waals surface area (Å²) in [6, 6.07) is 12.6. The number of rotatable bonds is 8. The Bertz CT molecular complexity index is 910. The molecule has 2 aromatic rings. The maximum absolute atomic E-state index is 11.9. The van der Waals surface area contributed by atoms with Gasteiger partial charge in [-0.2, -0.15) is 0 Å². The zero-order chi connectivity index (χ0) is 21.3. The van der Waals surface area contributed by atoms with Gasteiger partial charge in [0.1, 0.15) is 19.8 Å². The summed E-state index contributed by atoms with van der Waals surface area (Å²) in [5.74, 6) is -0.0545. The minimum absolute atomic E-state index is 0.308. The van der Waals surface area contributed by atoms with Crippen molar-refractivity contribution in [3.8, 4) is 11.5 Å². The monoisotopic (exact) mass is 412 g/mol. The number of benzene rings is 2. The zero-order valence-corrected chi connectivity index (χ0v) is 16.7. The van der Waals surface area contributed by atoms with Crippen molar-refractivity contribution >= 4 is 17.8 Å². The van der Waals surface area contributed by atoms with Crippen molar-refractivity contribution in [2.24, 2.45) is 0 Å². The third-order valence-corrected chi connectivity index (χ3v) is 4.41. The Labute approximate surface area is 174 Å². The predicted molar refractivity (Wildman–Crippen MR) is 109 cm³/mol. The number of carbonyl (C=O) groups excluding carboxylic acids is 3. The quantitative estimate of drug-likeness (QED) is 0.636. The number of hydrogen-bond donors (Lipinski definition) is 2. The van der Waals surface area contributed by atoms with E-state index in [1.54, 1.807) is 12.1 Å². The third-order valence-electron chi connectivity index (χ3n) is 4.41. The molecular formula is C22H24N2O6. The van der Waals surface area contributed by atoms with Gasteiger partial charge in [0.05, 0.1) is 0 Å². The molecule has 2 aromatic carbocycles. The molecule has 8 nitrogen and oxygen atoms in total. The summed E-state index contributed by atoms with van der Waals surface area (Å²) < 4.78 is 15.9. The number of carbonyl (C=O) groups is 3. The molecule has 158 valence electrons. The SMILES string of the molecule is Cc1ccc(C(=O)NCC(=O)OCC(=O)NCCc2ccc3c(c2)OCCO3)cc1. The maximum Gasteiger partial charge on any atom is 0.325 e. The van der Waals surface area contributed by atoms with Crippen LogP contribution in [-0.2, 0) is 20.7 Å². The predicted octanol–water partition coefficient (Wildman–Crippen LogP) is 1.40. The van der Waals surface area contributed by atoms with E-state index in [1.165, 1.54) is 0 Å². The van der Waals surface area contributed by atoms with E-state index in [0.29, 0.717) is 37.5 Å². The van der Waals surface area contributed by atoms with Gasteiger partial charge in [-0.05, 0) is 43.2 Å². The van der Waals surface area contributed by atoms with Crippen LogP contribution in [-0.4, -0.2) is 50.7 Å². The molecule has 0 spiro atoms. The summed E-state index contributed by atoms with van der Waals surface area (Å²) in [6.45, 7) is 2.65. The van der Waals surface area contributed by atoms with Crippen LogP contribution in [0.2, 0.25) is 0 Å². The lowest BCUT2D eigenvalue weighted by molar-refractivity contribution is -0.147. The molecule has 0 fully saturated rings. The Balaban J connectivity index is 1.32. The van der Waals surface area contributed by atoms with Crippen LogP contribution in [0.25, 0.3) is 0 Å². The van der Waals surface area contributed by atoms with Crippen molar-refractivity contribution in [3.05, 3.63) is 59.2 Å². The first-order valence-electron chi connectivity index (χ1n) is 9.67. The number of aryl methyl sites for hydroxylation is 1. The summed E-state index contributed by atoms with van der Waals surface area (Å²) in [5, 5.41) is 5.15. The number of amides is 2. The molecule has 30 heavy (non-hydrogen) atoms. The Kier molecular flexibility index (Phi) is 7.26. The molecule has 0 atom stereocenters. The highest BCUT2D eigenvalue weighted by Crippen LogP contribution is 2.30. The number of fused-ring (bicyclic) bond motifs is 1. The molecule has 0 radical (unpaired) electrons. The summed E-state index contributed by atoms with van der Waals surface area (Å²) in [6.07, 6.45) is 0.600. The molecule has 0 bridgehead atoms.